The van der Waals surface area contributed by atoms with E-state index in [9.17, 15) is 4.79 Å². The normalized spacial score (nSPS) is 21.3. The Labute approximate surface area is 223 Å². The molecule has 2 heterocycles. The van der Waals surface area contributed by atoms with Crippen molar-refractivity contribution in [3.63, 3.8) is 0 Å². The molecule has 0 aromatic heterocycles. The molecule has 6 heteroatoms. The average molecular weight is 513 g/mol. The predicted molar refractivity (Wildman–Crippen MR) is 148 cm³/mol. The third-order valence-electron chi connectivity index (χ3n) is 6.80. The van der Waals surface area contributed by atoms with Crippen LogP contribution in [-0.4, -0.2) is 42.6 Å². The molecule has 190 valence electrons. The number of nitrogens with one attached hydrogen (secondary N) is 2. The lowest BCUT2D eigenvalue weighted by Crippen LogP contribution is -2.70. The third-order valence-corrected chi connectivity index (χ3v) is 7.86. The van der Waals surface area contributed by atoms with Gasteiger partial charge in [0.25, 0.3) is 0 Å². The third kappa shape index (κ3) is 5.92. The van der Waals surface area contributed by atoms with Gasteiger partial charge in [-0.1, -0.05) is 103 Å². The standard InChI is InChI=1S/C31H32N2O3S/c34-29-28(30(32-29)37-23-13-12-22-36-27-20-10-11-21-35-27)33-31(24-14-4-1-5-15-24,25-16-6-2-7-17-25)26-18-8-3-9-19-26/h1-9,14-19,27-28,30,33H,10-11,20-23H2,(H,32,34). The van der Waals surface area contributed by atoms with Crippen molar-refractivity contribution in [3.05, 3.63) is 108 Å². The van der Waals surface area contributed by atoms with Crippen LogP contribution in [0.25, 0.3) is 0 Å². The molecular weight excluding hydrogens is 480 g/mol. The largest absolute Gasteiger partial charge is 0.353 e. The van der Waals surface area contributed by atoms with Crippen LogP contribution < -0.4 is 10.6 Å². The maximum absolute atomic E-state index is 12.9. The Morgan fingerprint density at radius 2 is 1.49 bits per heavy atom. The van der Waals surface area contributed by atoms with Gasteiger partial charge in [0.1, 0.15) is 18.0 Å². The highest BCUT2D eigenvalue weighted by molar-refractivity contribution is 8.00. The minimum absolute atomic E-state index is 0.00425. The number of hydrogen-bond acceptors (Lipinski definition) is 5. The number of thioether (sulfide) groups is 1. The topological polar surface area (TPSA) is 59.6 Å². The SMILES string of the molecule is O=C1NC(SCC#CCOC2CCCCO2)C1NC(c1ccccc1)(c1ccccc1)c1ccccc1. The number of amides is 1. The van der Waals surface area contributed by atoms with Gasteiger partial charge < -0.3 is 14.8 Å². The lowest BCUT2D eigenvalue weighted by molar-refractivity contribution is -0.154. The van der Waals surface area contributed by atoms with E-state index >= 15 is 0 Å². The van der Waals surface area contributed by atoms with Crippen molar-refractivity contribution in [1.82, 2.24) is 10.6 Å². The molecule has 3 atom stereocenters. The number of hydrogen-bond donors (Lipinski definition) is 2. The molecule has 0 spiro atoms. The Morgan fingerprint density at radius 3 is 2.00 bits per heavy atom. The van der Waals surface area contributed by atoms with E-state index in [4.69, 9.17) is 9.47 Å². The lowest BCUT2D eigenvalue weighted by atomic mass is 9.76. The van der Waals surface area contributed by atoms with E-state index < -0.39 is 5.54 Å². The van der Waals surface area contributed by atoms with Gasteiger partial charge in [0.2, 0.25) is 5.91 Å². The molecule has 2 saturated heterocycles. The molecule has 2 N–H and O–H groups in total. The quantitative estimate of drug-likeness (QED) is 0.248. The first-order valence-electron chi connectivity index (χ1n) is 12.8. The molecule has 2 aliphatic rings. The first-order valence-corrected chi connectivity index (χ1v) is 13.9. The summed E-state index contributed by atoms with van der Waals surface area (Å²) in [5.74, 6) is 6.85. The summed E-state index contributed by atoms with van der Waals surface area (Å²) in [7, 11) is 0. The monoisotopic (exact) mass is 512 g/mol. The zero-order valence-electron chi connectivity index (χ0n) is 20.8. The van der Waals surface area contributed by atoms with E-state index in [0.29, 0.717) is 12.4 Å². The second-order valence-corrected chi connectivity index (χ2v) is 10.3. The number of rotatable bonds is 9. The van der Waals surface area contributed by atoms with Crippen molar-refractivity contribution in [2.75, 3.05) is 19.0 Å². The van der Waals surface area contributed by atoms with E-state index in [1.165, 1.54) is 0 Å². The fraction of sp³-hybridized carbons (Fsp3) is 0.323. The van der Waals surface area contributed by atoms with Gasteiger partial charge in [-0.3, -0.25) is 10.1 Å². The average Bonchev–Trinajstić information content (AvgIpc) is 2.97. The fourth-order valence-corrected chi connectivity index (χ4v) is 5.84. The van der Waals surface area contributed by atoms with Gasteiger partial charge >= 0.3 is 0 Å². The number of carbonyl (C=O) groups is 1. The minimum atomic E-state index is -0.690. The van der Waals surface area contributed by atoms with E-state index in [-0.39, 0.29) is 23.6 Å². The maximum atomic E-state index is 12.9. The number of ether oxygens (including phenoxy) is 2. The van der Waals surface area contributed by atoms with Crippen molar-refractivity contribution in [1.29, 1.82) is 0 Å². The molecule has 37 heavy (non-hydrogen) atoms. The Morgan fingerprint density at radius 1 is 0.892 bits per heavy atom. The number of carbonyl (C=O) groups excluding carboxylic acids is 1. The summed E-state index contributed by atoms with van der Waals surface area (Å²) in [6.45, 7) is 1.13. The summed E-state index contributed by atoms with van der Waals surface area (Å²) in [4.78, 5) is 12.9. The molecule has 0 bridgehead atoms. The van der Waals surface area contributed by atoms with Crippen molar-refractivity contribution >= 4 is 17.7 Å². The van der Waals surface area contributed by atoms with E-state index in [1.54, 1.807) is 11.8 Å². The molecule has 5 rings (SSSR count). The molecule has 2 fully saturated rings. The molecule has 2 aliphatic heterocycles. The van der Waals surface area contributed by atoms with Crippen LogP contribution in [0, 0.1) is 11.8 Å². The molecule has 0 radical (unpaired) electrons. The zero-order valence-corrected chi connectivity index (χ0v) is 21.6. The van der Waals surface area contributed by atoms with Crippen molar-refractivity contribution in [2.24, 2.45) is 0 Å². The Kier molecular flexibility index (Phi) is 8.60. The van der Waals surface area contributed by atoms with Crippen LogP contribution in [0.2, 0.25) is 0 Å². The molecule has 3 aromatic carbocycles. The molecule has 3 aromatic rings. The van der Waals surface area contributed by atoms with Crippen LogP contribution in [-0.2, 0) is 19.8 Å². The first-order chi connectivity index (χ1) is 18.3. The van der Waals surface area contributed by atoms with Gasteiger partial charge in [-0.05, 0) is 36.0 Å². The predicted octanol–water partition coefficient (Wildman–Crippen LogP) is 4.67. The summed E-state index contributed by atoms with van der Waals surface area (Å²) in [6.07, 6.45) is 3.05. The second kappa shape index (κ2) is 12.4. The highest BCUT2D eigenvalue weighted by Crippen LogP contribution is 2.38. The van der Waals surface area contributed by atoms with E-state index in [0.717, 1.165) is 42.6 Å². The van der Waals surface area contributed by atoms with Gasteiger partial charge in [-0.15, -0.1) is 11.8 Å². The smallest absolute Gasteiger partial charge is 0.241 e. The summed E-state index contributed by atoms with van der Waals surface area (Å²) in [5.41, 5.74) is 2.55. The highest BCUT2D eigenvalue weighted by Gasteiger charge is 2.47. The van der Waals surface area contributed by atoms with E-state index in [2.05, 4.69) is 58.9 Å². The van der Waals surface area contributed by atoms with E-state index in [1.807, 2.05) is 54.6 Å². The van der Waals surface area contributed by atoms with Crippen molar-refractivity contribution in [2.45, 2.75) is 42.5 Å². The molecular formula is C31H32N2O3S. The summed E-state index contributed by atoms with van der Waals surface area (Å²) >= 11 is 1.63. The Hall–Kier alpha value is -3.08. The highest BCUT2D eigenvalue weighted by atomic mass is 32.2. The minimum Gasteiger partial charge on any atom is -0.353 e. The number of β-lactam (4-membered cyclic amide) rings is 1. The molecule has 0 saturated carbocycles. The Bertz CT molecular complexity index is 1110. The summed E-state index contributed by atoms with van der Waals surface area (Å²) in [5, 5.41) is 6.76. The van der Waals surface area contributed by atoms with Crippen molar-refractivity contribution < 1.29 is 14.3 Å². The Balaban J connectivity index is 1.33. The van der Waals surface area contributed by atoms with Gasteiger partial charge in [0.15, 0.2) is 6.29 Å². The van der Waals surface area contributed by atoms with Gasteiger partial charge in [-0.2, -0.15) is 0 Å². The molecule has 1 amide bonds. The fourth-order valence-electron chi connectivity index (χ4n) is 4.89. The van der Waals surface area contributed by atoms with Gasteiger partial charge in [0, 0.05) is 6.61 Å². The summed E-state index contributed by atoms with van der Waals surface area (Å²) < 4.78 is 11.3. The molecule has 5 nitrogen and oxygen atoms in total. The summed E-state index contributed by atoms with van der Waals surface area (Å²) in [6, 6.07) is 30.6. The van der Waals surface area contributed by atoms with Crippen LogP contribution in [0.1, 0.15) is 36.0 Å². The van der Waals surface area contributed by atoms with Crippen LogP contribution in [0.5, 0.6) is 0 Å². The second-order valence-electron chi connectivity index (χ2n) is 9.17. The lowest BCUT2D eigenvalue weighted by Gasteiger charge is -2.45. The maximum Gasteiger partial charge on any atom is 0.241 e. The molecule has 0 aliphatic carbocycles. The van der Waals surface area contributed by atoms with Crippen LogP contribution in [0.15, 0.2) is 91.0 Å². The first kappa shape index (κ1) is 25.6. The van der Waals surface area contributed by atoms with Crippen LogP contribution >= 0.6 is 11.8 Å². The van der Waals surface area contributed by atoms with Crippen molar-refractivity contribution in [3.8, 4) is 11.8 Å². The van der Waals surface area contributed by atoms with Crippen LogP contribution in [0.3, 0.4) is 0 Å². The molecule has 3 unspecified atom stereocenters. The van der Waals surface area contributed by atoms with Gasteiger partial charge in [0.05, 0.1) is 11.3 Å². The number of benzene rings is 3. The van der Waals surface area contributed by atoms with Gasteiger partial charge in [-0.25, -0.2) is 0 Å². The van der Waals surface area contributed by atoms with Crippen LogP contribution in [0.4, 0.5) is 0 Å². The zero-order chi connectivity index (χ0) is 25.3.